The Morgan fingerprint density at radius 1 is 0.667 bits per heavy atom. The number of halogens is 8. The maximum absolute atomic E-state index is 12.7. The van der Waals surface area contributed by atoms with Crippen LogP contribution < -0.4 is 24.8 Å². The van der Waals surface area contributed by atoms with E-state index in [1.165, 1.54) is 69.6 Å². The molecule has 1 unspecified atom stereocenters. The van der Waals surface area contributed by atoms with Gasteiger partial charge in [0.1, 0.15) is 0 Å². The second-order valence-corrected chi connectivity index (χ2v) is 21.9. The molecule has 10 rings (SSSR count). The van der Waals surface area contributed by atoms with Crippen LogP contribution in [0, 0.1) is 41.2 Å². The summed E-state index contributed by atoms with van der Waals surface area (Å²) in [5.41, 5.74) is 11.5. The van der Waals surface area contributed by atoms with Gasteiger partial charge >= 0.3 is 137 Å². The summed E-state index contributed by atoms with van der Waals surface area (Å²) in [6.07, 6.45) is 8.80. The molecule has 4 bridgehead atoms. The summed E-state index contributed by atoms with van der Waals surface area (Å²) in [4.78, 5) is 0. The van der Waals surface area contributed by atoms with Crippen LogP contribution in [0.25, 0.3) is 11.1 Å². The molecular formula is C54H58Cl2F6Zr-2. The Hall–Kier alpha value is -2.73. The molecular weight excluding hydrogens is 925 g/mol. The Balaban J connectivity index is 0.000000176. The zero-order chi connectivity index (χ0) is 44.3. The monoisotopic (exact) mass is 980 g/mol. The van der Waals surface area contributed by atoms with Crippen molar-refractivity contribution in [2.24, 2.45) is 29.1 Å². The molecule has 63 heavy (non-hydrogen) atoms. The average Bonchev–Trinajstić information content (AvgIpc) is 3.69. The van der Waals surface area contributed by atoms with Crippen molar-refractivity contribution < 1.29 is 75.4 Å². The van der Waals surface area contributed by atoms with E-state index >= 15 is 0 Å². The van der Waals surface area contributed by atoms with Gasteiger partial charge in [0.2, 0.25) is 0 Å². The molecule has 1 atom stereocenters. The van der Waals surface area contributed by atoms with Gasteiger partial charge in [0.05, 0.1) is 0 Å². The fraction of sp³-hybridized carbons (Fsp3) is 0.463. The number of hydrogen-bond donors (Lipinski definition) is 0. The van der Waals surface area contributed by atoms with Crippen LogP contribution in [-0.2, 0) is 53.8 Å². The minimum atomic E-state index is -4.49. The van der Waals surface area contributed by atoms with Crippen molar-refractivity contribution in [3.05, 3.63) is 153 Å². The zero-order valence-electron chi connectivity index (χ0n) is 37.6. The van der Waals surface area contributed by atoms with Crippen molar-refractivity contribution in [2.45, 2.75) is 130 Å². The summed E-state index contributed by atoms with van der Waals surface area (Å²) in [7, 11) is 0. The topological polar surface area (TPSA) is 0 Å². The average molecular weight is 983 g/mol. The summed E-state index contributed by atoms with van der Waals surface area (Å²) in [6.45, 7) is 18.2. The summed E-state index contributed by atoms with van der Waals surface area (Å²) >= 11 is 0.729. The van der Waals surface area contributed by atoms with Crippen LogP contribution in [0.3, 0.4) is 0 Å². The molecule has 0 aromatic heterocycles. The molecule has 0 aliphatic heterocycles. The van der Waals surface area contributed by atoms with Crippen molar-refractivity contribution in [3.8, 4) is 11.1 Å². The normalized spacial score (nSPS) is 23.1. The quantitative estimate of drug-likeness (QED) is 0.125. The van der Waals surface area contributed by atoms with Gasteiger partial charge in [0.25, 0.3) is 0 Å². The van der Waals surface area contributed by atoms with Gasteiger partial charge in [-0.2, -0.15) is 41.0 Å². The zero-order valence-corrected chi connectivity index (χ0v) is 41.5. The first-order valence-electron chi connectivity index (χ1n) is 21.8. The Labute approximate surface area is 399 Å². The number of rotatable bonds is 4. The van der Waals surface area contributed by atoms with Crippen LogP contribution in [0.1, 0.15) is 145 Å². The van der Waals surface area contributed by atoms with Gasteiger partial charge in [-0.15, -0.1) is 5.56 Å². The molecule has 0 N–H and O–H groups in total. The standard InChI is InChI=1S/C21H25.C18H25.C15H8F6.2ClH.Zr/c1-20(2,3)16-9-7-14-11-15-8-10-17(21(4,5)6)13-19(15)18(14)12-16;1-12-3-13(2)17(4-12)11-18-8-14-5-15(9-18)7-16(6-14)10-18;16-14(17,18)12-5-1-3-10(8-12)7-11-4-2-6-13(9-11)15(19,20)21;;;/h7,9-10,12-13H,11H2,1-6H3;4,12,14-16H,5-11H2,1-2H3;1-6,8-9H;2*1H;/q2*-1;;;;+2/p-2. The molecule has 0 heterocycles. The van der Waals surface area contributed by atoms with Gasteiger partial charge in [-0.3, -0.25) is 6.08 Å². The third kappa shape index (κ3) is 12.0. The molecule has 336 valence electrons. The first kappa shape index (κ1) is 51.3. The fourth-order valence-electron chi connectivity index (χ4n) is 10.9. The van der Waals surface area contributed by atoms with Crippen LogP contribution >= 0.6 is 0 Å². The molecule has 4 aromatic rings. The predicted octanol–water partition coefficient (Wildman–Crippen LogP) is 9.42. The van der Waals surface area contributed by atoms with Crippen molar-refractivity contribution >= 4 is 3.21 Å². The number of hydrogen-bond acceptors (Lipinski definition) is 0. The Morgan fingerprint density at radius 2 is 1.16 bits per heavy atom. The Bertz CT molecular complexity index is 2200. The van der Waals surface area contributed by atoms with Gasteiger partial charge in [-0.25, -0.2) is 5.57 Å². The molecule has 4 saturated carbocycles. The first-order chi connectivity index (χ1) is 28.4. The van der Waals surface area contributed by atoms with E-state index in [0.29, 0.717) is 14.5 Å². The molecule has 0 radical (unpaired) electrons. The van der Waals surface area contributed by atoms with Gasteiger partial charge in [-0.1, -0.05) is 102 Å². The molecule has 0 saturated heterocycles. The van der Waals surface area contributed by atoms with E-state index < -0.39 is 23.5 Å². The van der Waals surface area contributed by atoms with Crippen LogP contribution in [0.4, 0.5) is 26.3 Å². The third-order valence-electron chi connectivity index (χ3n) is 13.6. The van der Waals surface area contributed by atoms with Gasteiger partial charge in [0.15, 0.2) is 0 Å². The molecule has 6 aliphatic carbocycles. The van der Waals surface area contributed by atoms with Gasteiger partial charge in [0, 0.05) is 0 Å². The minimum Gasteiger partial charge on any atom is -1.00 e. The molecule has 0 nitrogen and oxygen atoms in total. The van der Waals surface area contributed by atoms with Crippen molar-refractivity contribution in [1.82, 2.24) is 0 Å². The van der Waals surface area contributed by atoms with Crippen molar-refractivity contribution in [2.75, 3.05) is 0 Å². The van der Waals surface area contributed by atoms with E-state index in [4.69, 9.17) is 0 Å². The number of benzene rings is 4. The van der Waals surface area contributed by atoms with E-state index in [9.17, 15) is 26.3 Å². The second kappa shape index (κ2) is 19.2. The molecule has 4 fully saturated rings. The molecule has 6 aliphatic rings. The van der Waals surface area contributed by atoms with Crippen molar-refractivity contribution in [1.29, 1.82) is 0 Å². The summed E-state index contributed by atoms with van der Waals surface area (Å²) in [5.74, 6) is 3.82. The summed E-state index contributed by atoms with van der Waals surface area (Å²) in [5, 5.41) is 0. The van der Waals surface area contributed by atoms with E-state index in [-0.39, 0.29) is 46.8 Å². The van der Waals surface area contributed by atoms with E-state index in [1.807, 2.05) is 0 Å². The third-order valence-corrected chi connectivity index (χ3v) is 15.0. The number of fused-ring (bicyclic) bond motifs is 3. The minimum absolute atomic E-state index is 0. The van der Waals surface area contributed by atoms with E-state index in [0.717, 1.165) is 72.7 Å². The SMILES string of the molecule is CC(C)(C)c1c[c-]c2c(c1)-c1cc(C(C)(C)C)ccc1C2.CC1=[C-]C(C)C=C1CC12CC3CC(CC(C3)C1)C2.FC(F)(F)c1cccc([C](=[Zr+2])c2cccc(C(F)(F)F)c2)c1.[Cl-].[Cl-]. The molecule has 4 aromatic carbocycles. The van der Waals surface area contributed by atoms with E-state index in [1.54, 1.807) is 44.1 Å². The molecule has 0 spiro atoms. The first-order valence-corrected chi connectivity index (χ1v) is 23.0. The second-order valence-electron chi connectivity index (χ2n) is 20.7. The van der Waals surface area contributed by atoms with E-state index in [2.05, 4.69) is 104 Å². The van der Waals surface area contributed by atoms with Crippen LogP contribution in [-0.4, -0.2) is 3.21 Å². The maximum atomic E-state index is 12.7. The summed E-state index contributed by atoms with van der Waals surface area (Å²) < 4.78 is 76.7. The Morgan fingerprint density at radius 3 is 1.60 bits per heavy atom. The smallest absolute Gasteiger partial charge is 1.00 e. The molecule has 9 heteroatoms. The molecule has 0 amide bonds. The predicted molar refractivity (Wildman–Crippen MR) is 232 cm³/mol. The number of allylic oxidation sites excluding steroid dienone is 4. The largest absolute Gasteiger partial charge is 1.00 e. The maximum Gasteiger partial charge on any atom is -1.00 e. The van der Waals surface area contributed by atoms with Crippen molar-refractivity contribution in [3.63, 3.8) is 0 Å². The summed E-state index contributed by atoms with van der Waals surface area (Å²) in [6, 6.07) is 24.2. The Kier molecular flexibility index (Phi) is 15.7. The van der Waals surface area contributed by atoms with Gasteiger partial charge in [-0.05, 0) is 79.1 Å². The van der Waals surface area contributed by atoms with Crippen LogP contribution in [0.5, 0.6) is 0 Å². The number of alkyl halides is 6. The van der Waals surface area contributed by atoms with Gasteiger partial charge < -0.3 is 24.8 Å². The van der Waals surface area contributed by atoms with Crippen LogP contribution in [0.2, 0.25) is 0 Å². The fourth-order valence-corrected chi connectivity index (χ4v) is 11.6. The van der Waals surface area contributed by atoms with Crippen LogP contribution in [0.15, 0.2) is 96.1 Å².